The van der Waals surface area contributed by atoms with Crippen LogP contribution in [0.1, 0.15) is 34.1 Å². The van der Waals surface area contributed by atoms with Gasteiger partial charge in [0.25, 0.3) is 0 Å². The quantitative estimate of drug-likeness (QED) is 0.549. The molecule has 0 bridgehead atoms. The molecule has 1 unspecified atom stereocenters. The number of hydrogen-bond acceptors (Lipinski definition) is 4. The van der Waals surface area contributed by atoms with E-state index >= 15 is 0 Å². The maximum absolute atomic E-state index is 12.6. The van der Waals surface area contributed by atoms with Crippen molar-refractivity contribution in [1.29, 1.82) is 0 Å². The van der Waals surface area contributed by atoms with Crippen molar-refractivity contribution < 1.29 is 13.2 Å². The van der Waals surface area contributed by atoms with Gasteiger partial charge in [-0.2, -0.15) is 0 Å². The first kappa shape index (κ1) is 21.0. The largest absolute Gasteiger partial charge is 0.356 e. The van der Waals surface area contributed by atoms with Crippen LogP contribution in [0.2, 0.25) is 0 Å². The first-order chi connectivity index (χ1) is 12.0. The molecule has 2 heterocycles. The molecule has 2 rings (SSSR count). The summed E-state index contributed by atoms with van der Waals surface area (Å²) >= 11 is 0. The molecule has 1 amide bonds. The molecule has 2 fully saturated rings. The van der Waals surface area contributed by atoms with Crippen LogP contribution in [0, 0.1) is 5.92 Å². The van der Waals surface area contributed by atoms with Crippen LogP contribution in [0.15, 0.2) is 4.99 Å². The molecule has 0 aromatic carbocycles. The molecule has 0 aliphatic carbocycles. The fraction of sp³-hybridized carbons (Fsp3) is 0.882. The van der Waals surface area contributed by atoms with Gasteiger partial charge in [-0.1, -0.05) is 0 Å². The van der Waals surface area contributed by atoms with Crippen molar-refractivity contribution in [2.45, 2.75) is 45.7 Å². The zero-order chi connectivity index (χ0) is 19.7. The SMILES string of the molecule is CN=C(NCC1CCN(S(C)(=O)=O)C1)N1CC(=O)N(C(C)C)C(C)(C)C1. The van der Waals surface area contributed by atoms with Crippen molar-refractivity contribution in [3.05, 3.63) is 0 Å². The van der Waals surface area contributed by atoms with E-state index in [-0.39, 0.29) is 23.4 Å². The Bertz CT molecular complexity index is 659. The number of hydrogen-bond donors (Lipinski definition) is 1. The van der Waals surface area contributed by atoms with Crippen LogP contribution >= 0.6 is 0 Å². The number of guanidine groups is 1. The second-order valence-corrected chi connectivity index (χ2v) is 10.2. The number of sulfonamides is 1. The van der Waals surface area contributed by atoms with Gasteiger partial charge in [0.2, 0.25) is 15.9 Å². The highest BCUT2D eigenvalue weighted by atomic mass is 32.2. The average Bonchev–Trinajstić information content (AvgIpc) is 2.94. The summed E-state index contributed by atoms with van der Waals surface area (Å²) in [6.45, 7) is 11.0. The fourth-order valence-electron chi connectivity index (χ4n) is 4.15. The van der Waals surface area contributed by atoms with Gasteiger partial charge in [0, 0.05) is 39.3 Å². The van der Waals surface area contributed by atoms with E-state index in [2.05, 4.69) is 24.2 Å². The molecule has 0 spiro atoms. The summed E-state index contributed by atoms with van der Waals surface area (Å²) < 4.78 is 24.8. The summed E-state index contributed by atoms with van der Waals surface area (Å²) in [6, 6.07) is 0.162. The van der Waals surface area contributed by atoms with Gasteiger partial charge in [0.05, 0.1) is 18.3 Å². The molecule has 9 heteroatoms. The van der Waals surface area contributed by atoms with Crippen molar-refractivity contribution in [3.8, 4) is 0 Å². The molecule has 2 aliphatic rings. The van der Waals surface area contributed by atoms with Crippen LogP contribution in [0.4, 0.5) is 0 Å². The van der Waals surface area contributed by atoms with Crippen molar-refractivity contribution in [1.82, 2.24) is 19.4 Å². The van der Waals surface area contributed by atoms with Gasteiger partial charge in [-0.25, -0.2) is 12.7 Å². The Labute approximate surface area is 157 Å². The minimum absolute atomic E-state index is 0.100. The van der Waals surface area contributed by atoms with E-state index in [1.165, 1.54) is 10.6 Å². The Balaban J connectivity index is 1.97. The summed E-state index contributed by atoms with van der Waals surface area (Å²) in [5.74, 6) is 1.05. The fourth-order valence-corrected chi connectivity index (χ4v) is 5.06. The number of piperazine rings is 1. The van der Waals surface area contributed by atoms with Crippen molar-refractivity contribution in [2.75, 3.05) is 46.0 Å². The van der Waals surface area contributed by atoms with Crippen molar-refractivity contribution >= 4 is 21.9 Å². The van der Waals surface area contributed by atoms with E-state index < -0.39 is 10.0 Å². The molecule has 150 valence electrons. The van der Waals surface area contributed by atoms with Crippen LogP contribution in [0.5, 0.6) is 0 Å². The lowest BCUT2D eigenvalue weighted by molar-refractivity contribution is -0.145. The summed E-state index contributed by atoms with van der Waals surface area (Å²) in [7, 11) is -1.41. The van der Waals surface area contributed by atoms with E-state index in [0.717, 1.165) is 6.42 Å². The third-order valence-electron chi connectivity index (χ3n) is 5.12. The number of aliphatic imine (C=N–C) groups is 1. The number of rotatable bonds is 4. The predicted molar refractivity (Wildman–Crippen MR) is 104 cm³/mol. The summed E-state index contributed by atoms with van der Waals surface area (Å²) in [5.41, 5.74) is -0.276. The maximum Gasteiger partial charge on any atom is 0.242 e. The lowest BCUT2D eigenvalue weighted by Crippen LogP contribution is -2.66. The van der Waals surface area contributed by atoms with E-state index in [0.29, 0.717) is 38.7 Å². The third kappa shape index (κ3) is 4.68. The monoisotopic (exact) mass is 387 g/mol. The van der Waals surface area contributed by atoms with Gasteiger partial charge in [0.1, 0.15) is 0 Å². The topological polar surface area (TPSA) is 85.3 Å². The first-order valence-electron chi connectivity index (χ1n) is 9.18. The standard InChI is InChI=1S/C17H33N5O3S/c1-13(2)22-15(23)11-20(12-17(22,3)4)16(18-5)19-9-14-7-8-21(10-14)26(6,24)25/h13-14H,7-12H2,1-6H3,(H,18,19). The average molecular weight is 388 g/mol. The second-order valence-electron chi connectivity index (χ2n) is 8.23. The van der Waals surface area contributed by atoms with Crippen LogP contribution in [0.3, 0.4) is 0 Å². The summed E-state index contributed by atoms with van der Waals surface area (Å²) in [5, 5.41) is 3.34. The highest BCUT2D eigenvalue weighted by Crippen LogP contribution is 2.24. The number of carbonyl (C=O) groups excluding carboxylic acids is 1. The Morgan fingerprint density at radius 3 is 2.50 bits per heavy atom. The lowest BCUT2D eigenvalue weighted by atomic mass is 9.96. The smallest absolute Gasteiger partial charge is 0.242 e. The molecule has 2 saturated heterocycles. The normalized spacial score (nSPS) is 25.3. The molecular weight excluding hydrogens is 354 g/mol. The van der Waals surface area contributed by atoms with Gasteiger partial charge in [-0.15, -0.1) is 0 Å². The lowest BCUT2D eigenvalue weighted by Gasteiger charge is -2.49. The zero-order valence-electron chi connectivity index (χ0n) is 16.8. The van der Waals surface area contributed by atoms with Gasteiger partial charge in [0.15, 0.2) is 5.96 Å². The van der Waals surface area contributed by atoms with Crippen LogP contribution < -0.4 is 5.32 Å². The van der Waals surface area contributed by atoms with E-state index in [4.69, 9.17) is 0 Å². The van der Waals surface area contributed by atoms with Gasteiger partial charge >= 0.3 is 0 Å². The van der Waals surface area contributed by atoms with Crippen molar-refractivity contribution in [2.24, 2.45) is 10.9 Å². The third-order valence-corrected chi connectivity index (χ3v) is 6.39. The van der Waals surface area contributed by atoms with Gasteiger partial charge in [-0.3, -0.25) is 9.79 Å². The van der Waals surface area contributed by atoms with Gasteiger partial charge in [-0.05, 0) is 40.0 Å². The van der Waals surface area contributed by atoms with Crippen LogP contribution in [-0.2, 0) is 14.8 Å². The molecule has 8 nitrogen and oxygen atoms in total. The molecule has 1 atom stereocenters. The van der Waals surface area contributed by atoms with E-state index in [9.17, 15) is 13.2 Å². The molecule has 0 saturated carbocycles. The minimum atomic E-state index is -3.12. The second kappa shape index (κ2) is 7.72. The number of amides is 1. The van der Waals surface area contributed by atoms with E-state index in [1.54, 1.807) is 7.05 Å². The van der Waals surface area contributed by atoms with Gasteiger partial charge < -0.3 is 15.1 Å². The first-order valence-corrected chi connectivity index (χ1v) is 11.0. The highest BCUT2D eigenvalue weighted by molar-refractivity contribution is 7.88. The Morgan fingerprint density at radius 2 is 2.04 bits per heavy atom. The van der Waals surface area contributed by atoms with Crippen molar-refractivity contribution in [3.63, 3.8) is 0 Å². The summed E-state index contributed by atoms with van der Waals surface area (Å²) in [4.78, 5) is 20.9. The molecular formula is C17H33N5O3S. The number of nitrogens with zero attached hydrogens (tertiary/aromatic N) is 4. The predicted octanol–water partition coefficient (Wildman–Crippen LogP) is 0.175. The molecule has 0 radical (unpaired) electrons. The molecule has 2 aliphatic heterocycles. The zero-order valence-corrected chi connectivity index (χ0v) is 17.6. The molecule has 0 aromatic heterocycles. The minimum Gasteiger partial charge on any atom is -0.356 e. The summed E-state index contributed by atoms with van der Waals surface area (Å²) in [6.07, 6.45) is 2.09. The number of carbonyl (C=O) groups is 1. The Kier molecular flexibility index (Phi) is 6.22. The van der Waals surface area contributed by atoms with Crippen LogP contribution in [0.25, 0.3) is 0 Å². The Hall–Kier alpha value is -1.35. The molecule has 0 aromatic rings. The Morgan fingerprint density at radius 1 is 1.38 bits per heavy atom. The highest BCUT2D eigenvalue weighted by Gasteiger charge is 2.41. The molecule has 1 N–H and O–H groups in total. The molecule has 26 heavy (non-hydrogen) atoms. The maximum atomic E-state index is 12.6. The van der Waals surface area contributed by atoms with Crippen LogP contribution in [-0.4, -0.2) is 92.0 Å². The van der Waals surface area contributed by atoms with E-state index in [1.807, 2.05) is 23.6 Å². The number of nitrogens with one attached hydrogen (secondary N) is 1.